The van der Waals surface area contributed by atoms with Gasteiger partial charge in [0, 0.05) is 12.6 Å². The minimum absolute atomic E-state index is 0.0280. The number of piperidine rings is 1. The normalized spacial score (nSPS) is 23.6. The zero-order valence-corrected chi connectivity index (χ0v) is 10.3. The minimum Gasteiger partial charge on any atom is -0.507 e. The summed E-state index contributed by atoms with van der Waals surface area (Å²) < 4.78 is 0. The Morgan fingerprint density at radius 1 is 1.33 bits per heavy atom. The van der Waals surface area contributed by atoms with Gasteiger partial charge in [-0.2, -0.15) is 0 Å². The topological polar surface area (TPSA) is 81.6 Å². The Morgan fingerprint density at radius 2 is 2.00 bits per heavy atom. The van der Waals surface area contributed by atoms with Crippen molar-refractivity contribution >= 4 is 5.91 Å². The van der Waals surface area contributed by atoms with Crippen LogP contribution < -0.4 is 10.6 Å². The zero-order chi connectivity index (χ0) is 13.1. The molecule has 1 fully saturated rings. The van der Waals surface area contributed by atoms with Crippen LogP contribution in [-0.4, -0.2) is 35.3 Å². The Hall–Kier alpha value is -1.75. The molecular formula is C13H18N2O3. The molecule has 1 aliphatic heterocycles. The van der Waals surface area contributed by atoms with E-state index in [1.165, 1.54) is 18.2 Å². The number of benzene rings is 1. The molecule has 1 aromatic rings. The smallest absolute Gasteiger partial charge is 0.259 e. The maximum Gasteiger partial charge on any atom is 0.259 e. The van der Waals surface area contributed by atoms with Crippen molar-refractivity contribution in [2.45, 2.75) is 19.4 Å². The van der Waals surface area contributed by atoms with Crippen LogP contribution in [0.1, 0.15) is 23.7 Å². The van der Waals surface area contributed by atoms with E-state index in [1.807, 2.05) is 0 Å². The summed E-state index contributed by atoms with van der Waals surface area (Å²) in [5, 5.41) is 25.3. The quantitative estimate of drug-likeness (QED) is 0.626. The first-order valence-corrected chi connectivity index (χ1v) is 6.10. The molecule has 1 aromatic carbocycles. The third-order valence-corrected chi connectivity index (χ3v) is 3.15. The predicted octanol–water partition coefficient (Wildman–Crippen LogP) is 0.826. The number of rotatable bonds is 2. The lowest BCUT2D eigenvalue weighted by atomic mass is 9.97. The molecule has 0 radical (unpaired) electrons. The largest absolute Gasteiger partial charge is 0.507 e. The lowest BCUT2D eigenvalue weighted by Gasteiger charge is -2.28. The van der Waals surface area contributed by atoms with Crippen molar-refractivity contribution in [2.75, 3.05) is 13.1 Å². The van der Waals surface area contributed by atoms with Crippen molar-refractivity contribution in [1.29, 1.82) is 0 Å². The Balaban J connectivity index is 2.07. The summed E-state index contributed by atoms with van der Waals surface area (Å²) in [6.45, 7) is 3.78. The Labute approximate surface area is 106 Å². The molecule has 18 heavy (non-hydrogen) atoms. The molecular weight excluding hydrogens is 232 g/mol. The van der Waals surface area contributed by atoms with Crippen LogP contribution in [0.25, 0.3) is 0 Å². The van der Waals surface area contributed by atoms with Gasteiger partial charge in [0.25, 0.3) is 5.91 Å². The summed E-state index contributed by atoms with van der Waals surface area (Å²) in [7, 11) is 0. The second-order valence-electron chi connectivity index (χ2n) is 4.84. The van der Waals surface area contributed by atoms with Crippen molar-refractivity contribution in [2.24, 2.45) is 5.92 Å². The maximum atomic E-state index is 12.0. The SMILES string of the molecule is CC1CNCC(NC(=O)c2c(O)cccc2O)C1. The fourth-order valence-corrected chi connectivity index (χ4v) is 2.28. The number of hydrogen-bond donors (Lipinski definition) is 4. The molecule has 1 saturated heterocycles. The van der Waals surface area contributed by atoms with Gasteiger partial charge in [0.1, 0.15) is 17.1 Å². The summed E-state index contributed by atoms with van der Waals surface area (Å²) in [4.78, 5) is 12.0. The highest BCUT2D eigenvalue weighted by Gasteiger charge is 2.23. The first-order chi connectivity index (χ1) is 8.58. The lowest BCUT2D eigenvalue weighted by Crippen LogP contribution is -2.48. The molecule has 98 valence electrons. The highest BCUT2D eigenvalue weighted by atomic mass is 16.3. The third-order valence-electron chi connectivity index (χ3n) is 3.15. The van der Waals surface area contributed by atoms with E-state index in [4.69, 9.17) is 0 Å². The molecule has 2 rings (SSSR count). The van der Waals surface area contributed by atoms with E-state index >= 15 is 0 Å². The van der Waals surface area contributed by atoms with Crippen LogP contribution in [0.15, 0.2) is 18.2 Å². The van der Waals surface area contributed by atoms with Crippen LogP contribution in [0.4, 0.5) is 0 Å². The number of amides is 1. The van der Waals surface area contributed by atoms with Gasteiger partial charge < -0.3 is 20.8 Å². The van der Waals surface area contributed by atoms with Gasteiger partial charge in [-0.25, -0.2) is 0 Å². The standard InChI is InChI=1S/C13H18N2O3/c1-8-5-9(7-14-6-8)15-13(18)12-10(16)3-2-4-11(12)17/h2-4,8-9,14,16-17H,5-7H2,1H3,(H,15,18). The number of nitrogens with one attached hydrogen (secondary N) is 2. The van der Waals surface area contributed by atoms with Crippen LogP contribution in [0.5, 0.6) is 11.5 Å². The fourth-order valence-electron chi connectivity index (χ4n) is 2.28. The average Bonchev–Trinajstić information content (AvgIpc) is 2.28. The average molecular weight is 250 g/mol. The van der Waals surface area contributed by atoms with Gasteiger partial charge in [-0.1, -0.05) is 13.0 Å². The second kappa shape index (κ2) is 5.27. The molecule has 5 nitrogen and oxygen atoms in total. The molecule has 4 N–H and O–H groups in total. The number of aromatic hydroxyl groups is 2. The molecule has 1 heterocycles. The molecule has 2 atom stereocenters. The zero-order valence-electron chi connectivity index (χ0n) is 10.3. The first-order valence-electron chi connectivity index (χ1n) is 6.10. The summed E-state index contributed by atoms with van der Waals surface area (Å²) in [5.74, 6) is -0.345. The number of hydrogen-bond acceptors (Lipinski definition) is 4. The van der Waals surface area contributed by atoms with Gasteiger partial charge in [0.05, 0.1) is 0 Å². The number of carbonyl (C=O) groups excluding carboxylic acids is 1. The number of carbonyl (C=O) groups is 1. The van der Waals surface area contributed by atoms with Gasteiger partial charge in [0.2, 0.25) is 0 Å². The highest BCUT2D eigenvalue weighted by Crippen LogP contribution is 2.26. The Bertz CT molecular complexity index is 428. The Kier molecular flexibility index (Phi) is 3.72. The maximum absolute atomic E-state index is 12.0. The van der Waals surface area contributed by atoms with E-state index in [2.05, 4.69) is 17.6 Å². The third kappa shape index (κ3) is 2.73. The Morgan fingerprint density at radius 3 is 2.61 bits per heavy atom. The van der Waals surface area contributed by atoms with Crippen molar-refractivity contribution in [3.8, 4) is 11.5 Å². The monoisotopic (exact) mass is 250 g/mol. The van der Waals surface area contributed by atoms with Crippen molar-refractivity contribution < 1.29 is 15.0 Å². The summed E-state index contributed by atoms with van der Waals surface area (Å²) in [5.41, 5.74) is -0.0595. The highest BCUT2D eigenvalue weighted by molar-refractivity contribution is 5.99. The molecule has 0 aliphatic carbocycles. The fraction of sp³-hybridized carbons (Fsp3) is 0.462. The summed E-state index contributed by atoms with van der Waals surface area (Å²) in [6, 6.07) is 4.29. The summed E-state index contributed by atoms with van der Waals surface area (Å²) >= 11 is 0. The van der Waals surface area contributed by atoms with Crippen LogP contribution in [-0.2, 0) is 0 Å². The second-order valence-corrected chi connectivity index (χ2v) is 4.84. The van der Waals surface area contributed by atoms with E-state index in [0.717, 1.165) is 13.0 Å². The van der Waals surface area contributed by atoms with E-state index < -0.39 is 5.91 Å². The van der Waals surface area contributed by atoms with E-state index in [1.54, 1.807) is 0 Å². The van der Waals surface area contributed by atoms with Gasteiger partial charge in [0.15, 0.2) is 0 Å². The van der Waals surface area contributed by atoms with Gasteiger partial charge in [-0.15, -0.1) is 0 Å². The molecule has 0 saturated carbocycles. The van der Waals surface area contributed by atoms with Gasteiger partial charge in [-0.05, 0) is 31.0 Å². The van der Waals surface area contributed by atoms with E-state index in [9.17, 15) is 15.0 Å². The van der Waals surface area contributed by atoms with Crippen molar-refractivity contribution in [3.63, 3.8) is 0 Å². The predicted molar refractivity (Wildman–Crippen MR) is 67.7 cm³/mol. The van der Waals surface area contributed by atoms with Crippen LogP contribution in [0.2, 0.25) is 0 Å². The van der Waals surface area contributed by atoms with E-state index in [0.29, 0.717) is 12.5 Å². The molecule has 5 heteroatoms. The van der Waals surface area contributed by atoms with Crippen molar-refractivity contribution in [3.05, 3.63) is 23.8 Å². The molecule has 1 aliphatic rings. The van der Waals surface area contributed by atoms with Gasteiger partial charge >= 0.3 is 0 Å². The molecule has 0 spiro atoms. The molecule has 1 amide bonds. The summed E-state index contributed by atoms with van der Waals surface area (Å²) in [6.07, 6.45) is 0.896. The minimum atomic E-state index is -0.438. The molecule has 0 aromatic heterocycles. The van der Waals surface area contributed by atoms with Crippen LogP contribution >= 0.6 is 0 Å². The van der Waals surface area contributed by atoms with E-state index in [-0.39, 0.29) is 23.1 Å². The molecule has 2 unspecified atom stereocenters. The number of phenolic OH excluding ortho intramolecular Hbond substituents is 2. The molecule has 0 bridgehead atoms. The lowest BCUT2D eigenvalue weighted by molar-refractivity contribution is 0.0920. The van der Waals surface area contributed by atoms with Crippen molar-refractivity contribution in [1.82, 2.24) is 10.6 Å². The first kappa shape index (κ1) is 12.7. The van der Waals surface area contributed by atoms with Crippen LogP contribution in [0.3, 0.4) is 0 Å². The number of phenols is 2. The van der Waals surface area contributed by atoms with Crippen LogP contribution in [0, 0.1) is 5.92 Å². The van der Waals surface area contributed by atoms with Gasteiger partial charge in [-0.3, -0.25) is 4.79 Å².